The molecule has 0 bridgehead atoms. The number of anilines is 2. The molecule has 2 fully saturated rings. The number of carboxylic acid groups (broad SMARTS) is 1. The van der Waals surface area contributed by atoms with E-state index >= 15 is 4.39 Å². The average molecular weight is 622 g/mol. The molecule has 226 valence electrons. The molecule has 1 aliphatic heterocycles. The van der Waals surface area contributed by atoms with Crippen LogP contribution in [0.15, 0.2) is 11.0 Å². The Bertz CT molecular complexity index is 1580. The van der Waals surface area contributed by atoms with Gasteiger partial charge in [0.2, 0.25) is 5.43 Å². The number of hydrogen-bond donors (Lipinski definition) is 6. The maximum Gasteiger partial charge on any atom is 0.411 e. The van der Waals surface area contributed by atoms with E-state index < -0.39 is 60.9 Å². The van der Waals surface area contributed by atoms with Gasteiger partial charge in [0.15, 0.2) is 11.6 Å². The summed E-state index contributed by atoms with van der Waals surface area (Å²) in [5.74, 6) is -2.65. The Morgan fingerprint density at radius 2 is 1.73 bits per heavy atom. The Kier molecular flexibility index (Phi) is 7.70. The fourth-order valence-electron chi connectivity index (χ4n) is 4.78. The third-order valence-electron chi connectivity index (χ3n) is 7.29. The summed E-state index contributed by atoms with van der Waals surface area (Å²) in [6, 6.07) is -1.03. The van der Waals surface area contributed by atoms with Gasteiger partial charge < -0.3 is 54.3 Å². The number of halogens is 1. The van der Waals surface area contributed by atoms with Crippen molar-refractivity contribution in [3.05, 3.63) is 27.8 Å². The van der Waals surface area contributed by atoms with Gasteiger partial charge in [-0.25, -0.2) is 14.0 Å². The number of carbonyl (C=O) groups is 2. The minimum absolute atomic E-state index is 0.0913. The Labute approximate surface area is 231 Å². The quantitative estimate of drug-likeness (QED) is 0.189. The highest BCUT2D eigenvalue weighted by Gasteiger charge is 2.61. The summed E-state index contributed by atoms with van der Waals surface area (Å²) in [4.78, 5) is 78.0. The molecule has 0 radical (unpaired) electrons. The van der Waals surface area contributed by atoms with Crippen LogP contribution in [0, 0.1) is 5.82 Å². The molecule has 0 spiro atoms. The van der Waals surface area contributed by atoms with Crippen molar-refractivity contribution in [3.8, 4) is 5.75 Å². The monoisotopic (exact) mass is 622 g/mol. The molecule has 19 heteroatoms. The number of amides is 1. The molecule has 2 aromatic rings. The standard InChI is InChI=1S/C22H29FN4O12P2/c1-10-8-25(6-7-26(10)21(31)39-22(2,40(32,33)34)41(35,36)37)17-14(23)15(24)13-16(19(17)38-3)27(11-4-5-11)9-12(18(13)28)20(29)30/h9-11H,4-8,24H2,1-3H3,(H,29,30)(H2,32,33,34)(H2,35,36,37). The molecule has 1 saturated carbocycles. The molecule has 1 aromatic carbocycles. The van der Waals surface area contributed by atoms with E-state index in [-0.39, 0.29) is 48.0 Å². The molecule has 1 aromatic heterocycles. The largest absolute Gasteiger partial charge is 0.492 e. The van der Waals surface area contributed by atoms with E-state index in [4.69, 9.17) is 15.2 Å². The lowest BCUT2D eigenvalue weighted by atomic mass is 10.0. The van der Waals surface area contributed by atoms with Crippen molar-refractivity contribution in [1.82, 2.24) is 9.47 Å². The number of aromatic nitrogens is 1. The van der Waals surface area contributed by atoms with Gasteiger partial charge in [-0.15, -0.1) is 0 Å². The molecule has 7 N–H and O–H groups in total. The number of methoxy groups -OCH3 is 1. The molecule has 1 atom stereocenters. The van der Waals surface area contributed by atoms with E-state index in [1.54, 1.807) is 0 Å². The highest BCUT2D eigenvalue weighted by Crippen LogP contribution is 2.69. The number of ether oxygens (including phenoxy) is 2. The normalized spacial score (nSPS) is 18.5. The number of hydrogen-bond acceptors (Lipinski definition) is 9. The summed E-state index contributed by atoms with van der Waals surface area (Å²) < 4.78 is 51.3. The second-order valence-corrected chi connectivity index (χ2v) is 14.3. The predicted molar refractivity (Wildman–Crippen MR) is 142 cm³/mol. The summed E-state index contributed by atoms with van der Waals surface area (Å²) in [5, 5.41) is 5.76. The average Bonchev–Trinajstić information content (AvgIpc) is 3.69. The van der Waals surface area contributed by atoms with Gasteiger partial charge in [-0.3, -0.25) is 13.9 Å². The number of aromatic carboxylic acids is 1. The number of fused-ring (bicyclic) bond motifs is 1. The van der Waals surface area contributed by atoms with E-state index in [0.29, 0.717) is 19.8 Å². The minimum Gasteiger partial charge on any atom is -0.492 e. The number of piperazine rings is 1. The number of carboxylic acids is 1. The van der Waals surface area contributed by atoms with Crippen molar-refractivity contribution in [2.45, 2.75) is 43.9 Å². The maximum absolute atomic E-state index is 15.9. The molecule has 1 saturated heterocycles. The molecule has 1 unspecified atom stereocenters. The van der Waals surface area contributed by atoms with Crippen LogP contribution in [0.25, 0.3) is 10.9 Å². The fraction of sp³-hybridized carbons (Fsp3) is 0.500. The first-order valence-corrected chi connectivity index (χ1v) is 15.4. The summed E-state index contributed by atoms with van der Waals surface area (Å²) in [6.45, 7) is 1.42. The topological polar surface area (TPSA) is 242 Å². The van der Waals surface area contributed by atoms with E-state index in [1.165, 1.54) is 29.7 Å². The highest BCUT2D eigenvalue weighted by atomic mass is 31.2. The van der Waals surface area contributed by atoms with Crippen LogP contribution in [-0.2, 0) is 13.9 Å². The predicted octanol–water partition coefficient (Wildman–Crippen LogP) is 1.44. The zero-order valence-corrected chi connectivity index (χ0v) is 23.8. The zero-order chi connectivity index (χ0) is 30.8. The first-order chi connectivity index (χ1) is 18.9. The Morgan fingerprint density at radius 3 is 2.20 bits per heavy atom. The van der Waals surface area contributed by atoms with Crippen molar-refractivity contribution < 1.29 is 57.3 Å². The summed E-state index contributed by atoms with van der Waals surface area (Å²) in [5.41, 5.74) is 3.86. The van der Waals surface area contributed by atoms with Crippen LogP contribution in [0.5, 0.6) is 5.75 Å². The van der Waals surface area contributed by atoms with E-state index in [2.05, 4.69) is 0 Å². The fourth-order valence-corrected chi connectivity index (χ4v) is 6.53. The van der Waals surface area contributed by atoms with Gasteiger partial charge in [-0.2, -0.15) is 0 Å². The minimum atomic E-state index is -5.65. The molecule has 4 rings (SSSR count). The van der Waals surface area contributed by atoms with Crippen LogP contribution >= 0.6 is 15.2 Å². The molecule has 2 aliphatic rings. The number of nitrogen functional groups attached to an aromatic ring is 1. The molecule has 41 heavy (non-hydrogen) atoms. The lowest BCUT2D eigenvalue weighted by molar-refractivity contribution is 0.0464. The first kappa shape index (κ1) is 30.8. The van der Waals surface area contributed by atoms with Gasteiger partial charge in [-0.1, -0.05) is 0 Å². The number of rotatable bonds is 7. The van der Waals surface area contributed by atoms with Crippen molar-refractivity contribution in [2.24, 2.45) is 0 Å². The van der Waals surface area contributed by atoms with Gasteiger partial charge >= 0.3 is 32.3 Å². The van der Waals surface area contributed by atoms with Crippen molar-refractivity contribution >= 4 is 49.5 Å². The number of benzene rings is 1. The second-order valence-electron chi connectivity index (χ2n) is 10.0. The molecule has 16 nitrogen and oxygen atoms in total. The number of nitrogens with zero attached hydrogens (tertiary/aromatic N) is 3. The van der Waals surface area contributed by atoms with Crippen LogP contribution in [0.4, 0.5) is 20.6 Å². The van der Waals surface area contributed by atoms with Gasteiger partial charge in [0, 0.05) is 37.9 Å². The zero-order valence-electron chi connectivity index (χ0n) is 22.1. The van der Waals surface area contributed by atoms with Gasteiger partial charge in [-0.05, 0) is 26.7 Å². The van der Waals surface area contributed by atoms with Crippen molar-refractivity contribution in [2.75, 3.05) is 37.4 Å². The van der Waals surface area contributed by atoms with E-state index in [9.17, 15) is 48.2 Å². The third-order valence-corrected chi connectivity index (χ3v) is 11.2. The molecular weight excluding hydrogens is 593 g/mol. The highest BCUT2D eigenvalue weighted by molar-refractivity contribution is 7.72. The summed E-state index contributed by atoms with van der Waals surface area (Å²) in [6.07, 6.45) is 1.10. The smallest absolute Gasteiger partial charge is 0.411 e. The molecular formula is C22H29FN4O12P2. The van der Waals surface area contributed by atoms with Crippen LogP contribution in [-0.4, -0.2) is 84.1 Å². The van der Waals surface area contributed by atoms with Crippen LogP contribution < -0.4 is 20.8 Å². The van der Waals surface area contributed by atoms with Crippen LogP contribution in [0.3, 0.4) is 0 Å². The number of pyridine rings is 1. The first-order valence-electron chi connectivity index (χ1n) is 12.2. The van der Waals surface area contributed by atoms with Crippen molar-refractivity contribution in [1.29, 1.82) is 0 Å². The second kappa shape index (κ2) is 10.3. The Hall–Kier alpha value is -3.20. The Balaban J connectivity index is 1.75. The Morgan fingerprint density at radius 1 is 1.15 bits per heavy atom. The van der Waals surface area contributed by atoms with E-state index in [1.807, 2.05) is 0 Å². The van der Waals surface area contributed by atoms with Crippen LogP contribution in [0.2, 0.25) is 0 Å². The lowest BCUT2D eigenvalue weighted by Crippen LogP contribution is -2.55. The van der Waals surface area contributed by atoms with Crippen molar-refractivity contribution in [3.63, 3.8) is 0 Å². The van der Waals surface area contributed by atoms with Gasteiger partial charge in [0.1, 0.15) is 11.3 Å². The number of carbonyl (C=O) groups excluding carboxylic acids is 1. The summed E-state index contributed by atoms with van der Waals surface area (Å²) in [7, 11) is -10.1. The van der Waals surface area contributed by atoms with Gasteiger partial charge in [0.25, 0.3) is 0 Å². The van der Waals surface area contributed by atoms with Crippen LogP contribution in [0.1, 0.15) is 43.1 Å². The number of nitrogens with two attached hydrogens (primary N) is 1. The molecule has 1 amide bonds. The maximum atomic E-state index is 15.9. The molecule has 2 heterocycles. The summed E-state index contributed by atoms with van der Waals surface area (Å²) >= 11 is 0. The SMILES string of the molecule is COc1c(N2CCN(C(=O)OC(C)(P(=O)(O)O)P(=O)(O)O)C(C)C2)c(F)c(N)c2c(=O)c(C(=O)O)cn(C3CC3)c12. The third kappa shape index (κ3) is 5.07. The van der Waals surface area contributed by atoms with Gasteiger partial charge in [0.05, 0.1) is 23.7 Å². The molecule has 1 aliphatic carbocycles. The van der Waals surface area contributed by atoms with E-state index in [0.717, 1.165) is 4.90 Å². The lowest BCUT2D eigenvalue weighted by Gasteiger charge is -2.42.